The lowest BCUT2D eigenvalue weighted by Crippen LogP contribution is -2.54. The Morgan fingerprint density at radius 3 is 2.40 bits per heavy atom. The van der Waals surface area contributed by atoms with Crippen LogP contribution in [-0.4, -0.2) is 99.4 Å². The average Bonchev–Trinajstić information content (AvgIpc) is 3.28. The number of carbonyl (C=O) groups is 1. The number of hydrogen-bond acceptors (Lipinski definition) is 11. The topological polar surface area (TPSA) is 137 Å². The zero-order valence-electron chi connectivity index (χ0n) is 34.6. The molecule has 0 bridgehead atoms. The first kappa shape index (κ1) is 48.1. The smallest absolute Gasteiger partial charge is 0.293 e. The van der Waals surface area contributed by atoms with Crippen LogP contribution in [0.3, 0.4) is 0 Å². The van der Waals surface area contributed by atoms with Crippen molar-refractivity contribution in [2.45, 2.75) is 47.7 Å². The van der Waals surface area contributed by atoms with Crippen LogP contribution in [0.2, 0.25) is 5.02 Å². The molecule has 5 aromatic carbocycles. The molecule has 5 aromatic rings. The van der Waals surface area contributed by atoms with Crippen LogP contribution in [0.15, 0.2) is 125 Å². The minimum Gasteiger partial charge on any atom is -0.379 e. The molecular weight excluding hydrogens is 903 g/mol. The first-order chi connectivity index (χ1) is 29.6. The van der Waals surface area contributed by atoms with Gasteiger partial charge in [-0.25, -0.2) is 13.1 Å². The maximum atomic E-state index is 13.6. The fourth-order valence-corrected chi connectivity index (χ4v) is 10.6. The molecule has 0 radical (unpaired) electrons. The lowest BCUT2D eigenvalue weighted by atomic mass is 9.92. The number of carbonyl (C=O) groups excluding carboxylic acids is 1. The highest BCUT2D eigenvalue weighted by atomic mass is 35.5. The van der Waals surface area contributed by atoms with Crippen LogP contribution in [-0.2, 0) is 27.7 Å². The van der Waals surface area contributed by atoms with Gasteiger partial charge in [-0.1, -0.05) is 66.2 Å². The molecule has 3 aliphatic rings. The van der Waals surface area contributed by atoms with Gasteiger partial charge in [-0.05, 0) is 96.1 Å². The summed E-state index contributed by atoms with van der Waals surface area (Å²) in [5.74, 6) is -0.153. The highest BCUT2D eigenvalue weighted by molar-refractivity contribution is 7.99. The number of nitrogens with zero attached hydrogens (tertiary/aromatic N) is 4. The van der Waals surface area contributed by atoms with Crippen molar-refractivity contribution in [1.82, 2.24) is 14.5 Å². The van der Waals surface area contributed by atoms with Crippen LogP contribution in [0.25, 0.3) is 11.1 Å². The molecule has 0 saturated carbocycles. The fourth-order valence-electron chi connectivity index (χ4n) is 8.45. The van der Waals surface area contributed by atoms with Gasteiger partial charge in [0.05, 0.1) is 23.0 Å². The third-order valence-corrected chi connectivity index (χ3v) is 14.4. The molecule has 2 saturated heterocycles. The van der Waals surface area contributed by atoms with E-state index in [4.69, 9.17) is 16.3 Å². The van der Waals surface area contributed by atoms with Crippen molar-refractivity contribution >= 4 is 81.2 Å². The molecule has 3 aliphatic heterocycles. The predicted octanol–water partition coefficient (Wildman–Crippen LogP) is 8.81. The number of amides is 1. The van der Waals surface area contributed by atoms with Gasteiger partial charge in [-0.15, -0.1) is 36.6 Å². The SMILES string of the molecule is Cl.Cl.O=C(NS(=O)(=O)c1ccc(N[C@H](CCN2CCOCC2)CSc2ccccc2)c([N+](=O)[O-])c1)c1ccc2c(c1)CC[C@H]1CN(Cc3ccccc3-c3ccc(Cl)cc3)CCN21. The number of nitro groups is 1. The van der Waals surface area contributed by atoms with E-state index in [-0.39, 0.29) is 52.7 Å². The molecule has 2 atom stereocenters. The maximum Gasteiger partial charge on any atom is 0.293 e. The van der Waals surface area contributed by atoms with E-state index in [1.54, 1.807) is 23.9 Å². The van der Waals surface area contributed by atoms with Gasteiger partial charge in [0, 0.05) is 90.9 Å². The Morgan fingerprint density at radius 2 is 1.63 bits per heavy atom. The number of rotatable bonds is 15. The molecule has 3 heterocycles. The van der Waals surface area contributed by atoms with Gasteiger partial charge in [0.2, 0.25) is 0 Å². The Hall–Kier alpha value is -4.38. The molecule has 0 spiro atoms. The van der Waals surface area contributed by atoms with Crippen molar-refractivity contribution in [2.75, 3.05) is 68.5 Å². The number of aryl methyl sites for hydroxylation is 1. The minimum atomic E-state index is -4.45. The zero-order chi connectivity index (χ0) is 42.3. The van der Waals surface area contributed by atoms with Gasteiger partial charge in [0.25, 0.3) is 21.6 Å². The van der Waals surface area contributed by atoms with Crippen LogP contribution in [0.4, 0.5) is 17.1 Å². The summed E-state index contributed by atoms with van der Waals surface area (Å²) in [5.41, 5.74) is 5.69. The van der Waals surface area contributed by atoms with Gasteiger partial charge in [-0.2, -0.15) is 0 Å². The summed E-state index contributed by atoms with van der Waals surface area (Å²) in [5, 5.41) is 16.4. The number of fused-ring (bicyclic) bond motifs is 3. The van der Waals surface area contributed by atoms with E-state index in [9.17, 15) is 23.3 Å². The number of anilines is 2. The lowest BCUT2D eigenvalue weighted by Gasteiger charge is -2.46. The third-order valence-electron chi connectivity index (χ3n) is 11.7. The van der Waals surface area contributed by atoms with Crippen LogP contribution in [0, 0.1) is 10.1 Å². The standard InChI is InChI=1S/C46H49ClN6O6S2.2ClH/c47-37-14-10-33(11-15-37)42-9-5-4-6-36(42)30-51-22-23-52-39(31-51)16-12-34-28-35(13-19-44(34)52)46(54)49-61(57,58)41-17-18-43(45(29-41)53(55)56)48-38(20-21-50-24-26-59-27-25-50)32-60-40-7-2-1-3-8-40;;/h1-11,13-15,17-19,28-29,38-39,48H,12,16,20-27,30-32H2,(H,49,54);2*1H/t38-,39+;;/m1../s1. The summed E-state index contributed by atoms with van der Waals surface area (Å²) < 4.78 is 34.9. The Bertz CT molecular complexity index is 2460. The number of nitro benzene ring substituents is 1. The molecule has 334 valence electrons. The van der Waals surface area contributed by atoms with Crippen LogP contribution < -0.4 is 14.9 Å². The number of thioether (sulfide) groups is 1. The van der Waals surface area contributed by atoms with E-state index < -0.39 is 20.9 Å². The number of halogens is 3. The van der Waals surface area contributed by atoms with Gasteiger partial charge in [0.15, 0.2) is 0 Å². The van der Waals surface area contributed by atoms with Crippen molar-refractivity contribution in [3.63, 3.8) is 0 Å². The summed E-state index contributed by atoms with van der Waals surface area (Å²) in [6.07, 6.45) is 2.36. The normalized spacial score (nSPS) is 17.0. The monoisotopic (exact) mass is 952 g/mol. The maximum absolute atomic E-state index is 13.6. The molecule has 63 heavy (non-hydrogen) atoms. The van der Waals surface area contributed by atoms with E-state index in [1.807, 2.05) is 48.5 Å². The number of ether oxygens (including phenoxy) is 1. The molecule has 2 N–H and O–H groups in total. The second-order valence-corrected chi connectivity index (χ2v) is 18.9. The number of nitrogens with one attached hydrogen (secondary N) is 2. The van der Waals surface area contributed by atoms with Gasteiger partial charge < -0.3 is 15.0 Å². The number of hydrogen-bond donors (Lipinski definition) is 2. The quantitative estimate of drug-likeness (QED) is 0.0592. The van der Waals surface area contributed by atoms with E-state index >= 15 is 0 Å². The Morgan fingerprint density at radius 1 is 0.889 bits per heavy atom. The van der Waals surface area contributed by atoms with Crippen LogP contribution in [0.5, 0.6) is 0 Å². The van der Waals surface area contributed by atoms with E-state index in [0.29, 0.717) is 36.5 Å². The molecule has 0 aromatic heterocycles. The summed E-state index contributed by atoms with van der Waals surface area (Å²) in [4.78, 5) is 33.2. The number of sulfonamides is 1. The second kappa shape index (κ2) is 22.0. The molecule has 1 amide bonds. The largest absolute Gasteiger partial charge is 0.379 e. The first-order valence-corrected chi connectivity index (χ1v) is 23.5. The Labute approximate surface area is 390 Å². The summed E-state index contributed by atoms with van der Waals surface area (Å²) in [7, 11) is -4.45. The van der Waals surface area contributed by atoms with Crippen molar-refractivity contribution < 1.29 is 22.9 Å². The molecule has 17 heteroatoms. The zero-order valence-corrected chi connectivity index (χ0v) is 38.6. The van der Waals surface area contributed by atoms with Crippen molar-refractivity contribution in [2.24, 2.45) is 0 Å². The van der Waals surface area contributed by atoms with Crippen LogP contribution >= 0.6 is 48.2 Å². The fraction of sp³-hybridized carbons (Fsp3) is 0.326. The molecule has 12 nitrogen and oxygen atoms in total. The average molecular weight is 954 g/mol. The Kier molecular flexibility index (Phi) is 16.8. The number of piperazine rings is 1. The lowest BCUT2D eigenvalue weighted by molar-refractivity contribution is -0.384. The molecule has 2 fully saturated rings. The second-order valence-electron chi connectivity index (χ2n) is 15.7. The van der Waals surface area contributed by atoms with Crippen LogP contribution in [0.1, 0.15) is 34.3 Å². The van der Waals surface area contributed by atoms with Gasteiger partial charge in [-0.3, -0.25) is 24.7 Å². The third kappa shape index (κ3) is 12.1. The van der Waals surface area contributed by atoms with E-state index in [1.165, 1.54) is 23.3 Å². The van der Waals surface area contributed by atoms with E-state index in [2.05, 4.69) is 61.1 Å². The molecule has 0 unspecified atom stereocenters. The molecule has 0 aliphatic carbocycles. The highest BCUT2D eigenvalue weighted by Crippen LogP contribution is 2.35. The molecular formula is C46H51Cl3N6O6S2. The predicted molar refractivity (Wildman–Crippen MR) is 257 cm³/mol. The minimum absolute atomic E-state index is 0. The number of morpholine rings is 1. The van der Waals surface area contributed by atoms with Gasteiger partial charge in [0.1, 0.15) is 5.69 Å². The Balaban J connectivity index is 0.00000330. The van der Waals surface area contributed by atoms with Crippen molar-refractivity contribution in [3.8, 4) is 11.1 Å². The van der Waals surface area contributed by atoms with Crippen molar-refractivity contribution in [3.05, 3.63) is 147 Å². The summed E-state index contributed by atoms with van der Waals surface area (Å²) >= 11 is 7.81. The molecule has 8 rings (SSSR count). The summed E-state index contributed by atoms with van der Waals surface area (Å²) in [6.45, 7) is 7.19. The highest BCUT2D eigenvalue weighted by Gasteiger charge is 2.33. The van der Waals surface area contributed by atoms with Gasteiger partial charge >= 0.3 is 0 Å². The van der Waals surface area contributed by atoms with E-state index in [0.717, 1.165) is 86.4 Å². The summed E-state index contributed by atoms with van der Waals surface area (Å²) in [6, 6.07) is 35.6. The number of benzene rings is 5. The first-order valence-electron chi connectivity index (χ1n) is 20.7. The van der Waals surface area contributed by atoms with Crippen molar-refractivity contribution in [1.29, 1.82) is 0 Å².